The molecule has 4 nitrogen and oxygen atoms in total. The van der Waals surface area contributed by atoms with Crippen LogP contribution < -0.4 is 0 Å². The molecule has 4 heteroatoms. The first-order valence-electron chi connectivity index (χ1n) is 14.8. The summed E-state index contributed by atoms with van der Waals surface area (Å²) in [5, 5.41) is 23.3. The summed E-state index contributed by atoms with van der Waals surface area (Å²) in [6.07, 6.45) is 12.8. The number of benzene rings is 1. The summed E-state index contributed by atoms with van der Waals surface area (Å²) in [6.45, 7) is 9.48. The Morgan fingerprint density at radius 1 is 1.03 bits per heavy atom. The van der Waals surface area contributed by atoms with Crippen molar-refractivity contribution in [2.45, 2.75) is 104 Å². The zero-order chi connectivity index (χ0) is 25.2. The van der Waals surface area contributed by atoms with Gasteiger partial charge in [-0.3, -0.25) is 0 Å². The molecule has 1 heterocycles. The van der Waals surface area contributed by atoms with Crippen LogP contribution >= 0.6 is 0 Å². The van der Waals surface area contributed by atoms with Gasteiger partial charge in [0.15, 0.2) is 0 Å². The lowest BCUT2D eigenvalue weighted by atomic mass is 9.43. The van der Waals surface area contributed by atoms with Gasteiger partial charge in [0.1, 0.15) is 5.82 Å². The number of aromatic nitrogens is 2. The van der Waals surface area contributed by atoms with Crippen LogP contribution in [0.3, 0.4) is 0 Å². The first kappa shape index (κ1) is 24.8. The van der Waals surface area contributed by atoms with Crippen LogP contribution in [-0.4, -0.2) is 32.4 Å². The van der Waals surface area contributed by atoms with Crippen LogP contribution in [-0.2, 0) is 6.42 Å². The molecule has 0 aliphatic heterocycles. The van der Waals surface area contributed by atoms with Crippen LogP contribution in [0.1, 0.15) is 89.9 Å². The van der Waals surface area contributed by atoms with Crippen molar-refractivity contribution in [2.24, 2.45) is 46.3 Å². The number of aliphatic hydroxyl groups is 2. The van der Waals surface area contributed by atoms with Crippen molar-refractivity contribution in [3.63, 3.8) is 0 Å². The fourth-order valence-corrected chi connectivity index (χ4v) is 10.0. The van der Waals surface area contributed by atoms with Crippen molar-refractivity contribution in [3.8, 4) is 0 Å². The van der Waals surface area contributed by atoms with Gasteiger partial charge in [-0.1, -0.05) is 32.4 Å². The SMILES string of the molecule is Cc1ccc2nc(CC[C@@H](C)[C@H]3CC[C@H]4[C@@H]5CC[C@@H]6C[C@H](O)CC[C@]6(C)C5C[C@H](O)[C@]34C)ncc2c1. The van der Waals surface area contributed by atoms with Crippen LogP contribution in [0.5, 0.6) is 0 Å². The second kappa shape index (κ2) is 9.05. The van der Waals surface area contributed by atoms with E-state index in [-0.39, 0.29) is 17.6 Å². The average Bonchev–Trinajstić information content (AvgIpc) is 3.22. The van der Waals surface area contributed by atoms with Gasteiger partial charge in [-0.2, -0.15) is 0 Å². The minimum atomic E-state index is -0.207. The van der Waals surface area contributed by atoms with E-state index in [4.69, 9.17) is 4.98 Å². The van der Waals surface area contributed by atoms with Crippen molar-refractivity contribution in [1.82, 2.24) is 9.97 Å². The average molecular weight is 491 g/mol. The topological polar surface area (TPSA) is 66.2 Å². The highest BCUT2D eigenvalue weighted by atomic mass is 16.3. The van der Waals surface area contributed by atoms with Gasteiger partial charge < -0.3 is 10.2 Å². The molecule has 0 saturated heterocycles. The van der Waals surface area contributed by atoms with Crippen molar-refractivity contribution in [3.05, 3.63) is 35.8 Å². The number of nitrogens with zero attached hydrogens (tertiary/aromatic N) is 2. The van der Waals surface area contributed by atoms with E-state index in [0.717, 1.165) is 61.2 Å². The van der Waals surface area contributed by atoms with Gasteiger partial charge in [-0.25, -0.2) is 9.97 Å². The molecule has 4 saturated carbocycles. The third kappa shape index (κ3) is 3.85. The Bertz CT molecular complexity index is 1120. The molecule has 4 fully saturated rings. The summed E-state index contributed by atoms with van der Waals surface area (Å²) < 4.78 is 0. The maximum atomic E-state index is 11.8. The highest BCUT2D eigenvalue weighted by Crippen LogP contribution is 2.68. The molecule has 2 aromatic rings. The zero-order valence-electron chi connectivity index (χ0n) is 22.8. The fraction of sp³-hybridized carbons (Fsp3) is 0.750. The maximum Gasteiger partial charge on any atom is 0.128 e. The van der Waals surface area contributed by atoms with Gasteiger partial charge in [0.2, 0.25) is 0 Å². The Labute approximate surface area is 217 Å². The quantitative estimate of drug-likeness (QED) is 0.513. The summed E-state index contributed by atoms with van der Waals surface area (Å²) in [5.41, 5.74) is 2.62. The molecule has 36 heavy (non-hydrogen) atoms. The van der Waals surface area contributed by atoms with E-state index in [0.29, 0.717) is 35.0 Å². The van der Waals surface area contributed by atoms with E-state index in [2.05, 4.69) is 50.9 Å². The second-order valence-corrected chi connectivity index (χ2v) is 13.8. The largest absolute Gasteiger partial charge is 0.393 e. The highest BCUT2D eigenvalue weighted by molar-refractivity contribution is 5.78. The zero-order valence-corrected chi connectivity index (χ0v) is 22.8. The van der Waals surface area contributed by atoms with E-state index in [1.807, 2.05) is 6.20 Å². The van der Waals surface area contributed by atoms with E-state index in [1.165, 1.54) is 31.2 Å². The lowest BCUT2D eigenvalue weighted by Gasteiger charge is -2.62. The molecule has 196 valence electrons. The van der Waals surface area contributed by atoms with Crippen LogP contribution in [0.25, 0.3) is 10.9 Å². The minimum absolute atomic E-state index is 0.0275. The molecule has 0 bridgehead atoms. The predicted molar refractivity (Wildman–Crippen MR) is 144 cm³/mol. The molecule has 4 aliphatic rings. The fourth-order valence-electron chi connectivity index (χ4n) is 10.0. The molecular formula is C32H46N2O2. The third-order valence-corrected chi connectivity index (χ3v) is 12.1. The molecule has 1 unspecified atom stereocenters. The first-order valence-corrected chi connectivity index (χ1v) is 14.8. The van der Waals surface area contributed by atoms with Crippen LogP contribution in [0.4, 0.5) is 0 Å². The molecular weight excluding hydrogens is 444 g/mol. The summed E-state index contributed by atoms with van der Waals surface area (Å²) in [5.74, 6) is 4.73. The molecule has 0 radical (unpaired) electrons. The van der Waals surface area contributed by atoms with Crippen LogP contribution in [0.2, 0.25) is 0 Å². The van der Waals surface area contributed by atoms with Gasteiger partial charge in [-0.15, -0.1) is 0 Å². The number of fused-ring (bicyclic) bond motifs is 6. The number of hydrogen-bond acceptors (Lipinski definition) is 4. The number of hydrogen-bond donors (Lipinski definition) is 2. The Morgan fingerprint density at radius 3 is 2.69 bits per heavy atom. The minimum Gasteiger partial charge on any atom is -0.393 e. The van der Waals surface area contributed by atoms with E-state index < -0.39 is 0 Å². The molecule has 0 spiro atoms. The summed E-state index contributed by atoms with van der Waals surface area (Å²) >= 11 is 0. The van der Waals surface area contributed by atoms with Gasteiger partial charge >= 0.3 is 0 Å². The third-order valence-electron chi connectivity index (χ3n) is 12.1. The van der Waals surface area contributed by atoms with Crippen LogP contribution in [0.15, 0.2) is 24.4 Å². The monoisotopic (exact) mass is 490 g/mol. The maximum absolute atomic E-state index is 11.8. The Balaban J connectivity index is 1.17. The Kier molecular flexibility index (Phi) is 6.23. The predicted octanol–water partition coefficient (Wildman–Crippen LogP) is 6.50. The highest BCUT2D eigenvalue weighted by Gasteiger charge is 2.63. The Hall–Kier alpha value is -1.52. The number of aliphatic hydroxyl groups excluding tert-OH is 2. The molecule has 1 aromatic carbocycles. The lowest BCUT2D eigenvalue weighted by molar-refractivity contribution is -0.174. The Morgan fingerprint density at radius 2 is 1.86 bits per heavy atom. The van der Waals surface area contributed by atoms with E-state index in [1.54, 1.807) is 0 Å². The van der Waals surface area contributed by atoms with E-state index in [9.17, 15) is 10.2 Å². The summed E-state index contributed by atoms with van der Waals surface area (Å²) in [4.78, 5) is 9.54. The summed E-state index contributed by atoms with van der Waals surface area (Å²) in [6, 6.07) is 6.39. The van der Waals surface area contributed by atoms with Crippen molar-refractivity contribution < 1.29 is 10.2 Å². The molecule has 1 aromatic heterocycles. The first-order chi connectivity index (χ1) is 17.2. The second-order valence-electron chi connectivity index (χ2n) is 13.8. The lowest BCUT2D eigenvalue weighted by Crippen LogP contribution is -2.58. The number of rotatable bonds is 4. The van der Waals surface area contributed by atoms with E-state index >= 15 is 0 Å². The molecule has 6 rings (SSSR count). The molecule has 4 aliphatic carbocycles. The van der Waals surface area contributed by atoms with Gasteiger partial charge in [0.05, 0.1) is 17.7 Å². The molecule has 0 amide bonds. The van der Waals surface area contributed by atoms with Crippen molar-refractivity contribution >= 4 is 10.9 Å². The molecule has 2 N–H and O–H groups in total. The number of aryl methyl sites for hydroxylation is 2. The van der Waals surface area contributed by atoms with Crippen molar-refractivity contribution in [2.75, 3.05) is 0 Å². The van der Waals surface area contributed by atoms with Gasteiger partial charge in [-0.05, 0) is 123 Å². The smallest absolute Gasteiger partial charge is 0.128 e. The van der Waals surface area contributed by atoms with Gasteiger partial charge in [0, 0.05) is 18.0 Å². The standard InChI is InChI=1S/C32H46N2O2/c1-19-5-11-28-21(15-19)18-33-30(34-28)12-6-20(2)25-9-10-26-24-8-7-22-16-23(35)13-14-31(22,3)27(24)17-29(36)32(25,26)4/h5,11,15,18,20,22-27,29,35-36H,6-10,12-14,16-17H2,1-4H3/t20-,22-,23-,24+,25-,26+,27?,29+,31+,32-/m1/s1. The molecule has 10 atom stereocenters. The van der Waals surface area contributed by atoms with Gasteiger partial charge in [0.25, 0.3) is 0 Å². The van der Waals surface area contributed by atoms with Crippen molar-refractivity contribution in [1.29, 1.82) is 0 Å². The van der Waals surface area contributed by atoms with Crippen LogP contribution in [0, 0.1) is 53.3 Å². The normalized spacial score (nSPS) is 43.0. The summed E-state index contributed by atoms with van der Waals surface area (Å²) in [7, 11) is 0.